The third-order valence-corrected chi connectivity index (χ3v) is 4.66. The van der Waals surface area contributed by atoms with E-state index in [0.29, 0.717) is 0 Å². The van der Waals surface area contributed by atoms with Gasteiger partial charge in [-0.2, -0.15) is 5.10 Å². The zero-order chi connectivity index (χ0) is 14.3. The first-order chi connectivity index (χ1) is 8.75. The van der Waals surface area contributed by atoms with Gasteiger partial charge in [-0.3, -0.25) is 9.48 Å². The van der Waals surface area contributed by atoms with E-state index >= 15 is 0 Å². The van der Waals surface area contributed by atoms with Gasteiger partial charge in [0.15, 0.2) is 0 Å². The van der Waals surface area contributed by atoms with Crippen molar-refractivity contribution in [3.8, 4) is 0 Å². The summed E-state index contributed by atoms with van der Waals surface area (Å²) in [6, 6.07) is -0.810. The first-order valence-electron chi connectivity index (χ1n) is 5.58. The maximum absolute atomic E-state index is 12.1. The molecule has 0 bridgehead atoms. The third-order valence-electron chi connectivity index (χ3n) is 3.23. The van der Waals surface area contributed by atoms with Crippen molar-refractivity contribution < 1.29 is 23.1 Å². The highest BCUT2D eigenvalue weighted by molar-refractivity contribution is 7.89. The molecule has 1 aliphatic rings. The largest absolute Gasteiger partial charge is 0.481 e. The zero-order valence-electron chi connectivity index (χ0n) is 10.5. The summed E-state index contributed by atoms with van der Waals surface area (Å²) in [6.07, 6.45) is 2.55. The van der Waals surface area contributed by atoms with Crippen LogP contribution in [0.3, 0.4) is 0 Å². The van der Waals surface area contributed by atoms with Gasteiger partial charge in [-0.1, -0.05) is 0 Å². The van der Waals surface area contributed by atoms with Gasteiger partial charge in [0.05, 0.1) is 25.5 Å². The number of sulfonamides is 1. The number of aliphatic carboxylic acids is 1. The molecule has 0 amide bonds. The van der Waals surface area contributed by atoms with Crippen molar-refractivity contribution in [2.24, 2.45) is 12.5 Å². The zero-order valence-corrected chi connectivity index (χ0v) is 11.3. The standard InChI is InChI=1S/C10H15N3O5S/c1-10(9(14)15)6-18-5-8(10)12-19(16,17)7-3-11-13(2)4-7/h3-4,8,12H,5-6H2,1-2H3,(H,14,15). The number of carboxylic acid groups (broad SMARTS) is 1. The average Bonchev–Trinajstić information content (AvgIpc) is 2.87. The SMILES string of the molecule is Cn1cc(S(=O)(=O)NC2COCC2(C)C(=O)O)cn1. The molecule has 2 unspecified atom stereocenters. The number of ether oxygens (including phenoxy) is 1. The van der Waals surface area contributed by atoms with E-state index in [4.69, 9.17) is 4.74 Å². The number of hydrogen-bond acceptors (Lipinski definition) is 5. The fourth-order valence-electron chi connectivity index (χ4n) is 1.84. The Labute approximate surface area is 110 Å². The lowest BCUT2D eigenvalue weighted by molar-refractivity contribution is -0.148. The summed E-state index contributed by atoms with van der Waals surface area (Å²) in [5.41, 5.74) is -1.27. The van der Waals surface area contributed by atoms with Crippen LogP contribution in [-0.4, -0.2) is 48.5 Å². The van der Waals surface area contributed by atoms with Crippen molar-refractivity contribution in [1.82, 2.24) is 14.5 Å². The average molecular weight is 289 g/mol. The van der Waals surface area contributed by atoms with E-state index in [1.54, 1.807) is 7.05 Å². The number of aryl methyl sites for hydroxylation is 1. The Balaban J connectivity index is 2.23. The summed E-state index contributed by atoms with van der Waals surface area (Å²) >= 11 is 0. The third kappa shape index (κ3) is 2.48. The van der Waals surface area contributed by atoms with Crippen LogP contribution in [0.25, 0.3) is 0 Å². The highest BCUT2D eigenvalue weighted by Gasteiger charge is 2.48. The molecule has 2 N–H and O–H groups in total. The van der Waals surface area contributed by atoms with E-state index < -0.39 is 27.4 Å². The molecule has 0 spiro atoms. The summed E-state index contributed by atoms with van der Waals surface area (Å²) in [6.45, 7) is 1.46. The van der Waals surface area contributed by atoms with Crippen molar-refractivity contribution in [3.05, 3.63) is 12.4 Å². The lowest BCUT2D eigenvalue weighted by atomic mass is 9.86. The molecule has 2 atom stereocenters. The minimum atomic E-state index is -3.80. The van der Waals surface area contributed by atoms with Gasteiger partial charge in [0.25, 0.3) is 0 Å². The summed E-state index contributed by atoms with van der Waals surface area (Å²) in [5, 5.41) is 13.0. The Bertz CT molecular complexity index is 596. The van der Waals surface area contributed by atoms with Crippen molar-refractivity contribution in [2.75, 3.05) is 13.2 Å². The molecule has 1 aliphatic heterocycles. The molecule has 1 fully saturated rings. The van der Waals surface area contributed by atoms with Crippen LogP contribution < -0.4 is 4.72 Å². The van der Waals surface area contributed by atoms with Crippen LogP contribution in [0.15, 0.2) is 17.3 Å². The molecule has 106 valence electrons. The molecule has 0 aromatic carbocycles. The van der Waals surface area contributed by atoms with Crippen LogP contribution >= 0.6 is 0 Å². The minimum Gasteiger partial charge on any atom is -0.481 e. The van der Waals surface area contributed by atoms with E-state index in [2.05, 4.69) is 9.82 Å². The molecule has 2 heterocycles. The molecule has 0 saturated carbocycles. The maximum atomic E-state index is 12.1. The van der Waals surface area contributed by atoms with Gasteiger partial charge in [-0.25, -0.2) is 13.1 Å². The molecule has 2 rings (SSSR count). The van der Waals surface area contributed by atoms with Gasteiger partial charge < -0.3 is 9.84 Å². The van der Waals surface area contributed by atoms with Crippen LogP contribution in [0.1, 0.15) is 6.92 Å². The van der Waals surface area contributed by atoms with Gasteiger partial charge in [0, 0.05) is 13.2 Å². The molecule has 1 saturated heterocycles. The molecule has 1 aromatic heterocycles. The Morgan fingerprint density at radius 1 is 1.68 bits per heavy atom. The monoisotopic (exact) mass is 289 g/mol. The van der Waals surface area contributed by atoms with Crippen molar-refractivity contribution >= 4 is 16.0 Å². The summed E-state index contributed by atoms with van der Waals surface area (Å²) < 4.78 is 33.0. The molecule has 19 heavy (non-hydrogen) atoms. The Hall–Kier alpha value is -1.45. The smallest absolute Gasteiger partial charge is 0.313 e. The fourth-order valence-corrected chi connectivity index (χ4v) is 3.16. The van der Waals surface area contributed by atoms with Crippen LogP contribution in [0, 0.1) is 5.41 Å². The summed E-state index contributed by atoms with van der Waals surface area (Å²) in [4.78, 5) is 11.2. The number of nitrogens with zero attached hydrogens (tertiary/aromatic N) is 2. The predicted molar refractivity (Wildman–Crippen MR) is 63.9 cm³/mol. The number of aromatic nitrogens is 2. The van der Waals surface area contributed by atoms with E-state index in [9.17, 15) is 18.3 Å². The molecule has 8 nitrogen and oxygen atoms in total. The lowest BCUT2D eigenvalue weighted by Crippen LogP contribution is -2.49. The van der Waals surface area contributed by atoms with Crippen LogP contribution in [0.4, 0.5) is 0 Å². The van der Waals surface area contributed by atoms with E-state index in [1.807, 2.05) is 0 Å². The summed E-state index contributed by atoms with van der Waals surface area (Å²) in [5.74, 6) is -1.09. The van der Waals surface area contributed by atoms with Gasteiger partial charge in [0.1, 0.15) is 10.3 Å². The van der Waals surface area contributed by atoms with Crippen LogP contribution in [0.2, 0.25) is 0 Å². The molecule has 1 aromatic rings. The second kappa shape index (κ2) is 4.58. The van der Waals surface area contributed by atoms with Crippen LogP contribution in [0.5, 0.6) is 0 Å². The Kier molecular flexibility index (Phi) is 3.37. The predicted octanol–water partition coefficient (Wildman–Crippen LogP) is -0.812. The molecular weight excluding hydrogens is 274 g/mol. The quantitative estimate of drug-likeness (QED) is 0.750. The van der Waals surface area contributed by atoms with Gasteiger partial charge in [-0.15, -0.1) is 0 Å². The van der Waals surface area contributed by atoms with Crippen LogP contribution in [-0.2, 0) is 26.6 Å². The lowest BCUT2D eigenvalue weighted by Gasteiger charge is -2.24. The van der Waals surface area contributed by atoms with Crippen molar-refractivity contribution in [1.29, 1.82) is 0 Å². The fraction of sp³-hybridized carbons (Fsp3) is 0.600. The highest BCUT2D eigenvalue weighted by atomic mass is 32.2. The second-order valence-corrected chi connectivity index (χ2v) is 6.48. The van der Waals surface area contributed by atoms with Gasteiger partial charge in [-0.05, 0) is 6.92 Å². The highest BCUT2D eigenvalue weighted by Crippen LogP contribution is 2.29. The van der Waals surface area contributed by atoms with Gasteiger partial charge in [0.2, 0.25) is 10.0 Å². The molecule has 9 heteroatoms. The van der Waals surface area contributed by atoms with E-state index in [-0.39, 0.29) is 18.1 Å². The molecular formula is C10H15N3O5S. The number of carboxylic acids is 1. The Morgan fingerprint density at radius 2 is 2.37 bits per heavy atom. The first kappa shape index (κ1) is 14.0. The molecule has 0 aliphatic carbocycles. The first-order valence-corrected chi connectivity index (χ1v) is 7.06. The van der Waals surface area contributed by atoms with Gasteiger partial charge >= 0.3 is 5.97 Å². The molecule has 0 radical (unpaired) electrons. The Morgan fingerprint density at radius 3 is 2.89 bits per heavy atom. The minimum absolute atomic E-state index is 0.00496. The number of nitrogens with one attached hydrogen (secondary N) is 1. The maximum Gasteiger partial charge on any atom is 0.313 e. The number of rotatable bonds is 4. The van der Waals surface area contributed by atoms with E-state index in [0.717, 1.165) is 0 Å². The second-order valence-electron chi connectivity index (χ2n) is 4.76. The van der Waals surface area contributed by atoms with Crippen molar-refractivity contribution in [3.63, 3.8) is 0 Å². The summed E-state index contributed by atoms with van der Waals surface area (Å²) in [7, 11) is -2.21. The number of hydrogen-bond donors (Lipinski definition) is 2. The van der Waals surface area contributed by atoms with Crippen molar-refractivity contribution in [2.45, 2.75) is 17.9 Å². The van der Waals surface area contributed by atoms with E-state index in [1.165, 1.54) is 24.0 Å². The number of carbonyl (C=O) groups is 1. The normalized spacial score (nSPS) is 27.6. The topological polar surface area (TPSA) is 111 Å².